The van der Waals surface area contributed by atoms with Crippen LogP contribution in [0.25, 0.3) is 0 Å². The molecule has 2 aromatic rings. The molecule has 37 heavy (non-hydrogen) atoms. The number of aryl methyl sites for hydroxylation is 1. The molecule has 0 aliphatic heterocycles. The maximum atomic E-state index is 13.5. The SMILES string of the molecule is CCCNC(=O)[C@@H](CC)N(Cc1ccccc1C)C(=O)CCCN(c1ccccc1OCC)S(C)(=O)=O. The van der Waals surface area contributed by atoms with Gasteiger partial charge in [0.15, 0.2) is 0 Å². The van der Waals surface area contributed by atoms with E-state index in [-0.39, 0.29) is 24.8 Å². The number of para-hydroxylation sites is 2. The quantitative estimate of drug-likeness (QED) is 0.370. The maximum absolute atomic E-state index is 13.5. The average molecular weight is 532 g/mol. The molecule has 0 heterocycles. The van der Waals surface area contributed by atoms with Crippen LogP contribution in [0.15, 0.2) is 48.5 Å². The van der Waals surface area contributed by atoms with E-state index in [4.69, 9.17) is 4.74 Å². The lowest BCUT2D eigenvalue weighted by Gasteiger charge is -2.31. The van der Waals surface area contributed by atoms with Crippen LogP contribution in [0.2, 0.25) is 0 Å². The number of sulfonamides is 1. The first kappa shape index (κ1) is 30.2. The van der Waals surface area contributed by atoms with Crippen molar-refractivity contribution in [3.8, 4) is 5.75 Å². The number of anilines is 1. The van der Waals surface area contributed by atoms with Gasteiger partial charge in [-0.3, -0.25) is 13.9 Å². The highest BCUT2D eigenvalue weighted by atomic mass is 32.2. The lowest BCUT2D eigenvalue weighted by atomic mass is 10.1. The number of carbonyl (C=O) groups excluding carboxylic acids is 2. The van der Waals surface area contributed by atoms with Crippen molar-refractivity contribution in [2.24, 2.45) is 0 Å². The van der Waals surface area contributed by atoms with Crippen LogP contribution in [0.1, 0.15) is 57.6 Å². The first-order chi connectivity index (χ1) is 17.6. The number of nitrogens with zero attached hydrogens (tertiary/aromatic N) is 2. The third kappa shape index (κ3) is 8.77. The number of rotatable bonds is 15. The smallest absolute Gasteiger partial charge is 0.242 e. The van der Waals surface area contributed by atoms with Gasteiger partial charge in [-0.2, -0.15) is 0 Å². The average Bonchev–Trinajstić information content (AvgIpc) is 2.86. The summed E-state index contributed by atoms with van der Waals surface area (Å²) >= 11 is 0. The Hall–Kier alpha value is -3.07. The zero-order valence-electron chi connectivity index (χ0n) is 22.7. The van der Waals surface area contributed by atoms with Crippen molar-refractivity contribution in [1.82, 2.24) is 10.2 Å². The van der Waals surface area contributed by atoms with Crippen molar-refractivity contribution >= 4 is 27.5 Å². The normalized spacial score (nSPS) is 12.0. The topological polar surface area (TPSA) is 96.0 Å². The summed E-state index contributed by atoms with van der Waals surface area (Å²) in [4.78, 5) is 28.1. The number of benzene rings is 2. The fraction of sp³-hybridized carbons (Fsp3) is 0.500. The van der Waals surface area contributed by atoms with Gasteiger partial charge in [0.25, 0.3) is 0 Å². The molecule has 9 heteroatoms. The second-order valence-electron chi connectivity index (χ2n) is 9.00. The fourth-order valence-electron chi connectivity index (χ4n) is 4.18. The predicted molar refractivity (Wildman–Crippen MR) is 148 cm³/mol. The van der Waals surface area contributed by atoms with Gasteiger partial charge in [0.1, 0.15) is 11.8 Å². The largest absolute Gasteiger partial charge is 0.492 e. The van der Waals surface area contributed by atoms with Crippen LogP contribution in [-0.2, 0) is 26.2 Å². The molecule has 1 atom stereocenters. The second-order valence-corrected chi connectivity index (χ2v) is 10.9. The summed E-state index contributed by atoms with van der Waals surface area (Å²) < 4.78 is 32.2. The van der Waals surface area contributed by atoms with Crippen LogP contribution in [0, 0.1) is 6.92 Å². The van der Waals surface area contributed by atoms with E-state index in [0.717, 1.165) is 23.8 Å². The molecular formula is C28H41N3O5S. The standard InChI is InChI=1S/C28H41N3O5S/c1-6-19-29-28(33)24(7-2)30(21-23-15-10-9-14-22(23)4)27(32)18-13-20-31(37(5,34)35)25-16-11-12-17-26(25)36-8-3/h9-12,14-17,24H,6-8,13,18-21H2,1-5H3,(H,29,33)/t24-/m1/s1. The molecule has 0 aliphatic rings. The molecule has 2 amide bonds. The molecule has 204 valence electrons. The molecule has 0 saturated carbocycles. The Labute approximate surface area is 222 Å². The van der Waals surface area contributed by atoms with Gasteiger partial charge >= 0.3 is 0 Å². The Kier molecular flexibility index (Phi) is 11.9. The van der Waals surface area contributed by atoms with Gasteiger partial charge in [-0.05, 0) is 56.4 Å². The molecule has 2 aromatic carbocycles. The van der Waals surface area contributed by atoms with E-state index in [1.54, 1.807) is 29.2 Å². The third-order valence-electron chi connectivity index (χ3n) is 6.12. The minimum Gasteiger partial charge on any atom is -0.492 e. The Morgan fingerprint density at radius 1 is 1.03 bits per heavy atom. The van der Waals surface area contributed by atoms with Gasteiger partial charge in [0, 0.05) is 26.1 Å². The summed E-state index contributed by atoms with van der Waals surface area (Å²) in [6, 6.07) is 14.2. The van der Waals surface area contributed by atoms with Crippen LogP contribution in [0.4, 0.5) is 5.69 Å². The number of hydrogen-bond acceptors (Lipinski definition) is 5. The molecule has 0 aromatic heterocycles. The maximum Gasteiger partial charge on any atom is 0.242 e. The van der Waals surface area contributed by atoms with Crippen molar-refractivity contribution < 1.29 is 22.7 Å². The monoisotopic (exact) mass is 531 g/mol. The molecule has 0 saturated heterocycles. The molecule has 0 bridgehead atoms. The molecule has 2 rings (SSSR count). The highest BCUT2D eigenvalue weighted by molar-refractivity contribution is 7.92. The molecule has 8 nitrogen and oxygen atoms in total. The lowest BCUT2D eigenvalue weighted by Crippen LogP contribution is -2.49. The Morgan fingerprint density at radius 2 is 1.70 bits per heavy atom. The van der Waals surface area contributed by atoms with E-state index in [1.807, 2.05) is 52.0 Å². The van der Waals surface area contributed by atoms with E-state index in [2.05, 4.69) is 5.32 Å². The van der Waals surface area contributed by atoms with Gasteiger partial charge < -0.3 is 15.0 Å². The molecule has 0 unspecified atom stereocenters. The van der Waals surface area contributed by atoms with E-state index in [0.29, 0.717) is 44.0 Å². The van der Waals surface area contributed by atoms with Gasteiger partial charge in [-0.15, -0.1) is 0 Å². The van der Waals surface area contributed by atoms with Crippen molar-refractivity contribution in [1.29, 1.82) is 0 Å². The van der Waals surface area contributed by atoms with Crippen molar-refractivity contribution in [2.75, 3.05) is 30.3 Å². The Bertz CT molecular complexity index is 1140. The predicted octanol–water partition coefficient (Wildman–Crippen LogP) is 4.27. The van der Waals surface area contributed by atoms with Crippen LogP contribution in [0.3, 0.4) is 0 Å². The summed E-state index contributed by atoms with van der Waals surface area (Å²) in [5.41, 5.74) is 2.46. The zero-order chi connectivity index (χ0) is 27.4. The van der Waals surface area contributed by atoms with Gasteiger partial charge in [0.2, 0.25) is 21.8 Å². The number of carbonyl (C=O) groups is 2. The van der Waals surface area contributed by atoms with E-state index < -0.39 is 16.1 Å². The first-order valence-electron chi connectivity index (χ1n) is 12.9. The van der Waals surface area contributed by atoms with Gasteiger partial charge in [-0.25, -0.2) is 8.42 Å². The molecule has 0 spiro atoms. The Balaban J connectivity index is 2.25. The number of ether oxygens (including phenoxy) is 1. The minimum absolute atomic E-state index is 0.103. The van der Waals surface area contributed by atoms with Gasteiger partial charge in [0.05, 0.1) is 18.6 Å². The fourth-order valence-corrected chi connectivity index (χ4v) is 5.15. The summed E-state index contributed by atoms with van der Waals surface area (Å²) in [5.74, 6) is 0.115. The Morgan fingerprint density at radius 3 is 2.32 bits per heavy atom. The van der Waals surface area contributed by atoms with Crippen LogP contribution in [-0.4, -0.2) is 57.1 Å². The van der Waals surface area contributed by atoms with Crippen molar-refractivity contribution in [2.45, 2.75) is 66.0 Å². The summed E-state index contributed by atoms with van der Waals surface area (Å²) in [6.45, 7) is 9.07. The van der Waals surface area contributed by atoms with Crippen LogP contribution < -0.4 is 14.4 Å². The third-order valence-corrected chi connectivity index (χ3v) is 7.30. The van der Waals surface area contributed by atoms with Crippen molar-refractivity contribution in [3.05, 3.63) is 59.7 Å². The number of amides is 2. The van der Waals surface area contributed by atoms with Crippen molar-refractivity contribution in [3.63, 3.8) is 0 Å². The van der Waals surface area contributed by atoms with E-state index in [9.17, 15) is 18.0 Å². The summed E-state index contributed by atoms with van der Waals surface area (Å²) in [5, 5.41) is 2.92. The molecule has 1 N–H and O–H groups in total. The highest BCUT2D eigenvalue weighted by Crippen LogP contribution is 2.30. The molecule has 0 radical (unpaired) electrons. The first-order valence-corrected chi connectivity index (χ1v) is 14.8. The second kappa shape index (κ2) is 14.6. The highest BCUT2D eigenvalue weighted by Gasteiger charge is 2.29. The minimum atomic E-state index is -3.61. The zero-order valence-corrected chi connectivity index (χ0v) is 23.5. The molecule has 0 fully saturated rings. The van der Waals surface area contributed by atoms with E-state index >= 15 is 0 Å². The molecular weight excluding hydrogens is 490 g/mol. The van der Waals surface area contributed by atoms with E-state index in [1.165, 1.54) is 4.31 Å². The number of nitrogens with one attached hydrogen (secondary N) is 1. The number of hydrogen-bond donors (Lipinski definition) is 1. The van der Waals surface area contributed by atoms with Gasteiger partial charge in [-0.1, -0.05) is 50.2 Å². The molecule has 0 aliphatic carbocycles. The summed E-state index contributed by atoms with van der Waals surface area (Å²) in [7, 11) is -3.61. The summed E-state index contributed by atoms with van der Waals surface area (Å²) in [6.07, 6.45) is 2.83. The van der Waals surface area contributed by atoms with Crippen LogP contribution in [0.5, 0.6) is 5.75 Å². The van der Waals surface area contributed by atoms with Crippen LogP contribution >= 0.6 is 0 Å². The lowest BCUT2D eigenvalue weighted by molar-refractivity contribution is -0.141.